The van der Waals surface area contributed by atoms with Gasteiger partial charge in [-0.05, 0) is 6.42 Å². The maximum atomic E-state index is 12.6. The van der Waals surface area contributed by atoms with Gasteiger partial charge in [0, 0.05) is 6.07 Å². The van der Waals surface area contributed by atoms with Crippen LogP contribution in [0.15, 0.2) is 10.9 Å². The highest BCUT2D eigenvalue weighted by molar-refractivity contribution is 5.80. The molecule has 0 aliphatic rings. The molecule has 1 aromatic heterocycles. The van der Waals surface area contributed by atoms with Gasteiger partial charge in [-0.2, -0.15) is 13.2 Å². The van der Waals surface area contributed by atoms with E-state index in [4.69, 9.17) is 0 Å². The molecule has 146 valence electrons. The first-order chi connectivity index (χ1) is 12.2. The largest absolute Gasteiger partial charge is 0.433 e. The Morgan fingerprint density at radius 2 is 2.15 bits per heavy atom. The number of carbonyl (C=O) groups is 2. The van der Waals surface area contributed by atoms with Crippen molar-refractivity contribution in [2.45, 2.75) is 38.8 Å². The van der Waals surface area contributed by atoms with Crippen molar-refractivity contribution >= 4 is 18.3 Å². The summed E-state index contributed by atoms with van der Waals surface area (Å²) in [6.45, 7) is 1.67. The fourth-order valence-corrected chi connectivity index (χ4v) is 2.10. The lowest BCUT2D eigenvalue weighted by Gasteiger charge is -2.19. The van der Waals surface area contributed by atoms with Crippen molar-refractivity contribution in [1.29, 1.82) is 0 Å². The van der Waals surface area contributed by atoms with Crippen LogP contribution in [0.2, 0.25) is 0 Å². The molecule has 0 fully saturated rings. The van der Waals surface area contributed by atoms with Crippen molar-refractivity contribution in [2.75, 3.05) is 12.0 Å². The van der Waals surface area contributed by atoms with Gasteiger partial charge in [0.25, 0.3) is 5.56 Å². The van der Waals surface area contributed by atoms with Gasteiger partial charge >= 0.3 is 6.18 Å². The predicted molar refractivity (Wildman–Crippen MR) is 83.8 cm³/mol. The molecule has 1 aromatic rings. The van der Waals surface area contributed by atoms with E-state index in [0.717, 1.165) is 12.8 Å². The van der Waals surface area contributed by atoms with Crippen molar-refractivity contribution in [2.24, 2.45) is 5.92 Å². The fourth-order valence-electron chi connectivity index (χ4n) is 2.10. The van der Waals surface area contributed by atoms with Gasteiger partial charge < -0.3 is 0 Å². The molecule has 0 saturated carbocycles. The zero-order valence-corrected chi connectivity index (χ0v) is 14.0. The number of nitrogens with zero attached hydrogens (tertiary/aromatic N) is 2. The van der Waals surface area contributed by atoms with Crippen LogP contribution in [-0.2, 0) is 15.8 Å². The highest BCUT2D eigenvalue weighted by Gasteiger charge is 2.33. The van der Waals surface area contributed by atoms with Crippen LogP contribution in [0.5, 0.6) is 0 Å². The number of hydrogen-bond donors (Lipinski definition) is 4. The Kier molecular flexibility index (Phi) is 8.03. The van der Waals surface area contributed by atoms with E-state index in [0.29, 0.717) is 17.9 Å². The molecule has 1 atom stereocenters. The van der Waals surface area contributed by atoms with E-state index in [1.54, 1.807) is 0 Å². The summed E-state index contributed by atoms with van der Waals surface area (Å²) in [5.74, 6) is -2.08. The lowest BCUT2D eigenvalue weighted by atomic mass is 10.0. The average Bonchev–Trinajstić information content (AvgIpc) is 2.57. The zero-order chi connectivity index (χ0) is 19.7. The minimum Gasteiger partial charge on any atom is -0.291 e. The molecule has 0 aliphatic carbocycles. The first-order valence-electron chi connectivity index (χ1n) is 7.82. The molecule has 0 aliphatic heterocycles. The number of rotatable bonds is 10. The second-order valence-corrected chi connectivity index (χ2v) is 5.51. The average molecular weight is 379 g/mol. The second-order valence-electron chi connectivity index (χ2n) is 5.51. The highest BCUT2D eigenvalue weighted by atomic mass is 19.4. The monoisotopic (exact) mass is 379 g/mol. The fraction of sp³-hybridized carbons (Fsp3) is 0.571. The van der Waals surface area contributed by atoms with Gasteiger partial charge in [-0.3, -0.25) is 35.4 Å². The number of nitrogens with one attached hydrogen (secondary N) is 3. The number of hydroxylamine groups is 2. The number of amides is 2. The van der Waals surface area contributed by atoms with E-state index in [1.807, 2.05) is 11.9 Å². The van der Waals surface area contributed by atoms with Crippen molar-refractivity contribution in [3.05, 3.63) is 22.1 Å². The minimum absolute atomic E-state index is 0.138. The van der Waals surface area contributed by atoms with Gasteiger partial charge in [0.1, 0.15) is 0 Å². The number of hydrazine groups is 1. The van der Waals surface area contributed by atoms with Gasteiger partial charge in [-0.25, -0.2) is 10.0 Å². The third-order valence-corrected chi connectivity index (χ3v) is 3.39. The third kappa shape index (κ3) is 7.09. The third-order valence-electron chi connectivity index (χ3n) is 3.39. The first-order valence-corrected chi connectivity index (χ1v) is 7.82. The van der Waals surface area contributed by atoms with Crippen molar-refractivity contribution < 1.29 is 28.0 Å². The predicted octanol–water partition coefficient (Wildman–Crippen LogP) is 1.28. The summed E-state index contributed by atoms with van der Waals surface area (Å²) in [7, 11) is 0. The lowest BCUT2D eigenvalue weighted by molar-refractivity contribution is -0.154. The molecule has 0 saturated heterocycles. The number of hydrogen-bond acceptors (Lipinski definition) is 6. The Balaban J connectivity index is 2.78. The van der Waals surface area contributed by atoms with Gasteiger partial charge in [-0.15, -0.1) is 0 Å². The molecule has 12 heteroatoms. The summed E-state index contributed by atoms with van der Waals surface area (Å²) in [6.07, 6.45) is -1.97. The number of H-pyrrole nitrogens is 1. The van der Waals surface area contributed by atoms with Crippen molar-refractivity contribution in [3.8, 4) is 0 Å². The van der Waals surface area contributed by atoms with E-state index >= 15 is 0 Å². The van der Waals surface area contributed by atoms with Gasteiger partial charge in [0.15, 0.2) is 5.69 Å². The molecule has 1 rings (SSSR count). The summed E-state index contributed by atoms with van der Waals surface area (Å²) in [4.78, 5) is 39.1. The molecule has 9 nitrogen and oxygen atoms in total. The summed E-state index contributed by atoms with van der Waals surface area (Å²) in [6, 6.07) is 0.286. The number of aromatic nitrogens is 2. The van der Waals surface area contributed by atoms with Crippen LogP contribution in [0.1, 0.15) is 38.3 Å². The smallest absolute Gasteiger partial charge is 0.291 e. The van der Waals surface area contributed by atoms with Gasteiger partial charge in [-0.1, -0.05) is 26.2 Å². The lowest BCUT2D eigenvalue weighted by Crippen LogP contribution is -2.41. The van der Waals surface area contributed by atoms with Crippen LogP contribution < -0.4 is 16.4 Å². The number of unbranched alkanes of at least 4 members (excludes halogenated alkanes) is 2. The molecule has 4 N–H and O–H groups in total. The Morgan fingerprint density at radius 3 is 2.73 bits per heavy atom. The normalized spacial score (nSPS) is 12.3. The molecule has 26 heavy (non-hydrogen) atoms. The summed E-state index contributed by atoms with van der Waals surface area (Å²) in [5, 5.41) is 9.57. The number of halogens is 3. The molecular weight excluding hydrogens is 359 g/mol. The molecule has 1 heterocycles. The second kappa shape index (κ2) is 9.75. The molecular formula is C14H20F3N5O4. The minimum atomic E-state index is -4.82. The molecule has 0 aromatic carbocycles. The van der Waals surface area contributed by atoms with E-state index in [-0.39, 0.29) is 19.0 Å². The summed E-state index contributed by atoms with van der Waals surface area (Å²) < 4.78 is 37.9. The standard InChI is InChI=1S/C14H20F3N5O4/c1-2-3-4-5-9(7-22(26)8-23)12(25)20-21-13-18-10(14(15,16)17)6-11(24)19-13/h6,8-9,26H,2-5,7H2,1H3,(H,20,25)(H2,18,19,21,24). The van der Waals surface area contributed by atoms with Crippen LogP contribution in [0.3, 0.4) is 0 Å². The van der Waals surface area contributed by atoms with E-state index in [2.05, 4.69) is 15.8 Å². The van der Waals surface area contributed by atoms with E-state index in [1.165, 1.54) is 0 Å². The summed E-state index contributed by atoms with van der Waals surface area (Å²) in [5.41, 5.74) is 1.76. The quantitative estimate of drug-likeness (QED) is 0.210. The molecule has 0 spiro atoms. The van der Waals surface area contributed by atoms with Crippen LogP contribution in [0.25, 0.3) is 0 Å². The van der Waals surface area contributed by atoms with Gasteiger partial charge in [0.2, 0.25) is 18.3 Å². The van der Waals surface area contributed by atoms with E-state index in [9.17, 15) is 32.8 Å². The Morgan fingerprint density at radius 1 is 1.46 bits per heavy atom. The maximum absolute atomic E-state index is 12.6. The van der Waals surface area contributed by atoms with Crippen LogP contribution in [-0.4, -0.2) is 39.1 Å². The molecule has 2 amide bonds. The Hall–Kier alpha value is -2.63. The SMILES string of the molecule is CCCCCC(CN(O)C=O)C(=O)NNc1nc(C(F)(F)F)cc(=O)[nH]1. The van der Waals surface area contributed by atoms with Gasteiger partial charge in [0.05, 0.1) is 12.5 Å². The molecule has 0 radical (unpaired) electrons. The number of aromatic amines is 1. The van der Waals surface area contributed by atoms with E-state index < -0.39 is 35.2 Å². The first kappa shape index (κ1) is 21.4. The van der Waals surface area contributed by atoms with Crippen LogP contribution in [0, 0.1) is 5.92 Å². The Labute approximate surface area is 146 Å². The molecule has 0 bridgehead atoms. The summed E-state index contributed by atoms with van der Waals surface area (Å²) >= 11 is 0. The Bertz CT molecular complexity index is 665. The zero-order valence-electron chi connectivity index (χ0n) is 14.0. The highest BCUT2D eigenvalue weighted by Crippen LogP contribution is 2.26. The van der Waals surface area contributed by atoms with Crippen LogP contribution >= 0.6 is 0 Å². The number of anilines is 1. The topological polar surface area (TPSA) is 127 Å². The van der Waals surface area contributed by atoms with Crippen LogP contribution in [0.4, 0.5) is 19.1 Å². The number of alkyl halides is 3. The molecule has 1 unspecified atom stereocenters. The number of carbonyl (C=O) groups excluding carboxylic acids is 2. The van der Waals surface area contributed by atoms with Crippen molar-refractivity contribution in [1.82, 2.24) is 20.5 Å². The maximum Gasteiger partial charge on any atom is 0.433 e. The van der Waals surface area contributed by atoms with Crippen molar-refractivity contribution in [3.63, 3.8) is 0 Å².